The molecular formula is C13H18FNS. The van der Waals surface area contributed by atoms with Crippen LogP contribution in [0.3, 0.4) is 0 Å². The second-order valence-electron chi connectivity index (χ2n) is 5.02. The molecule has 3 heteroatoms. The Morgan fingerprint density at radius 3 is 2.94 bits per heavy atom. The van der Waals surface area contributed by atoms with Crippen LogP contribution in [-0.2, 0) is 0 Å². The largest absolute Gasteiger partial charge is 0.381 e. The fraction of sp³-hybridized carbons (Fsp3) is 0.538. The van der Waals surface area contributed by atoms with Crippen molar-refractivity contribution in [3.8, 4) is 0 Å². The molecule has 0 aromatic heterocycles. The summed E-state index contributed by atoms with van der Waals surface area (Å²) in [6, 6.07) is 7.15. The number of halogens is 1. The lowest BCUT2D eigenvalue weighted by molar-refractivity contribution is 0.305. The number of nitrogens with one attached hydrogen (secondary N) is 1. The lowest BCUT2D eigenvalue weighted by Gasteiger charge is -2.39. The zero-order valence-corrected chi connectivity index (χ0v) is 10.6. The number of hydrogen-bond acceptors (Lipinski definition) is 2. The molecule has 1 aromatic rings. The Hall–Kier alpha value is -0.700. The molecule has 16 heavy (non-hydrogen) atoms. The summed E-state index contributed by atoms with van der Waals surface area (Å²) in [6.45, 7) is 4.56. The monoisotopic (exact) mass is 239 g/mol. The summed E-state index contributed by atoms with van der Waals surface area (Å²) in [6.07, 6.45) is 1.21. The molecule has 1 fully saturated rings. The van der Waals surface area contributed by atoms with Gasteiger partial charge in [0.2, 0.25) is 0 Å². The van der Waals surface area contributed by atoms with Gasteiger partial charge in [0, 0.05) is 17.5 Å². The molecule has 1 nitrogen and oxygen atoms in total. The highest BCUT2D eigenvalue weighted by molar-refractivity contribution is 7.99. The fourth-order valence-corrected chi connectivity index (χ4v) is 3.56. The summed E-state index contributed by atoms with van der Waals surface area (Å²) in [4.78, 5) is 0. The maximum absolute atomic E-state index is 13.1. The van der Waals surface area contributed by atoms with E-state index in [4.69, 9.17) is 0 Å². The number of rotatable bonds is 2. The molecule has 1 unspecified atom stereocenters. The first-order valence-corrected chi connectivity index (χ1v) is 6.83. The van der Waals surface area contributed by atoms with Gasteiger partial charge in [0.15, 0.2) is 0 Å². The van der Waals surface area contributed by atoms with Crippen molar-refractivity contribution in [3.63, 3.8) is 0 Å². The van der Waals surface area contributed by atoms with E-state index in [0.29, 0.717) is 6.04 Å². The zero-order valence-electron chi connectivity index (χ0n) is 9.79. The van der Waals surface area contributed by atoms with Gasteiger partial charge in [-0.25, -0.2) is 4.39 Å². The minimum atomic E-state index is -0.175. The van der Waals surface area contributed by atoms with Crippen molar-refractivity contribution in [2.24, 2.45) is 5.41 Å². The second-order valence-corrected chi connectivity index (χ2v) is 6.17. The van der Waals surface area contributed by atoms with Crippen LogP contribution in [0.2, 0.25) is 0 Å². The molecule has 0 amide bonds. The predicted octanol–water partition coefficient (Wildman–Crippen LogP) is 3.77. The van der Waals surface area contributed by atoms with E-state index in [1.165, 1.54) is 18.2 Å². The summed E-state index contributed by atoms with van der Waals surface area (Å²) >= 11 is 1.97. The van der Waals surface area contributed by atoms with Crippen LogP contribution in [0.15, 0.2) is 24.3 Å². The lowest BCUT2D eigenvalue weighted by Crippen LogP contribution is -2.41. The van der Waals surface area contributed by atoms with Crippen LogP contribution in [0, 0.1) is 11.2 Å². The van der Waals surface area contributed by atoms with Crippen molar-refractivity contribution >= 4 is 17.4 Å². The summed E-state index contributed by atoms with van der Waals surface area (Å²) in [5.41, 5.74) is 1.18. The van der Waals surface area contributed by atoms with Crippen molar-refractivity contribution in [1.82, 2.24) is 0 Å². The van der Waals surface area contributed by atoms with Gasteiger partial charge in [0.05, 0.1) is 0 Å². The molecule has 1 aromatic carbocycles. The first-order valence-electron chi connectivity index (χ1n) is 5.68. The van der Waals surface area contributed by atoms with Gasteiger partial charge < -0.3 is 5.32 Å². The molecule has 1 aliphatic heterocycles. The number of thioether (sulfide) groups is 1. The highest BCUT2D eigenvalue weighted by Gasteiger charge is 2.32. The Balaban J connectivity index is 2.08. The number of anilines is 1. The van der Waals surface area contributed by atoms with Crippen molar-refractivity contribution in [3.05, 3.63) is 30.1 Å². The molecule has 0 bridgehead atoms. The quantitative estimate of drug-likeness (QED) is 0.843. The third-order valence-corrected chi connectivity index (χ3v) is 4.35. The van der Waals surface area contributed by atoms with Crippen LogP contribution in [0.4, 0.5) is 10.1 Å². The summed E-state index contributed by atoms with van der Waals surface area (Å²) in [7, 11) is 0. The van der Waals surface area contributed by atoms with E-state index in [1.807, 2.05) is 17.8 Å². The molecule has 0 saturated carbocycles. The van der Waals surface area contributed by atoms with E-state index in [1.54, 1.807) is 12.1 Å². The van der Waals surface area contributed by atoms with Crippen LogP contribution in [0.5, 0.6) is 0 Å². The Labute approximate surface area is 101 Å². The van der Waals surface area contributed by atoms with Crippen LogP contribution in [0.25, 0.3) is 0 Å². The zero-order chi connectivity index (χ0) is 11.6. The van der Waals surface area contributed by atoms with Gasteiger partial charge in [-0.1, -0.05) is 19.9 Å². The van der Waals surface area contributed by atoms with Gasteiger partial charge in [-0.05, 0) is 35.8 Å². The Morgan fingerprint density at radius 2 is 2.25 bits per heavy atom. The SMILES string of the molecule is CC1(C)CCSCC1Nc1cccc(F)c1. The number of benzene rings is 1. The Morgan fingerprint density at radius 1 is 1.44 bits per heavy atom. The molecule has 0 spiro atoms. The first-order chi connectivity index (χ1) is 7.58. The molecule has 1 saturated heterocycles. The van der Waals surface area contributed by atoms with E-state index in [9.17, 15) is 4.39 Å². The van der Waals surface area contributed by atoms with Crippen molar-refractivity contribution in [2.75, 3.05) is 16.8 Å². The van der Waals surface area contributed by atoms with Crippen LogP contribution < -0.4 is 5.32 Å². The Kier molecular flexibility index (Phi) is 3.43. The average molecular weight is 239 g/mol. The highest BCUT2D eigenvalue weighted by atomic mass is 32.2. The van der Waals surface area contributed by atoms with Crippen molar-refractivity contribution in [1.29, 1.82) is 0 Å². The van der Waals surface area contributed by atoms with Gasteiger partial charge in [-0.15, -0.1) is 0 Å². The standard InChI is InChI=1S/C13H18FNS/c1-13(2)6-7-16-9-12(13)15-11-5-3-4-10(14)8-11/h3-5,8,12,15H,6-7,9H2,1-2H3. The van der Waals surface area contributed by atoms with Gasteiger partial charge >= 0.3 is 0 Å². The maximum atomic E-state index is 13.1. The lowest BCUT2D eigenvalue weighted by atomic mass is 9.82. The van der Waals surface area contributed by atoms with E-state index in [-0.39, 0.29) is 11.2 Å². The molecule has 0 radical (unpaired) electrons. The summed E-state index contributed by atoms with van der Waals surface area (Å²) in [5, 5.41) is 3.45. The summed E-state index contributed by atoms with van der Waals surface area (Å²) in [5.74, 6) is 2.16. The molecule has 2 rings (SSSR count). The minimum Gasteiger partial charge on any atom is -0.381 e. The molecule has 1 N–H and O–H groups in total. The number of hydrogen-bond donors (Lipinski definition) is 1. The predicted molar refractivity (Wildman–Crippen MR) is 69.5 cm³/mol. The smallest absolute Gasteiger partial charge is 0.125 e. The van der Waals surface area contributed by atoms with Gasteiger partial charge in [0.1, 0.15) is 5.82 Å². The topological polar surface area (TPSA) is 12.0 Å². The molecule has 1 atom stereocenters. The third-order valence-electron chi connectivity index (χ3n) is 3.28. The van der Waals surface area contributed by atoms with Crippen molar-refractivity contribution < 1.29 is 4.39 Å². The molecule has 1 aliphatic rings. The summed E-state index contributed by atoms with van der Waals surface area (Å²) < 4.78 is 13.1. The molecular weight excluding hydrogens is 221 g/mol. The highest BCUT2D eigenvalue weighted by Crippen LogP contribution is 2.35. The third kappa shape index (κ3) is 2.70. The van der Waals surface area contributed by atoms with Crippen LogP contribution >= 0.6 is 11.8 Å². The van der Waals surface area contributed by atoms with E-state index in [0.717, 1.165) is 11.4 Å². The van der Waals surface area contributed by atoms with Gasteiger partial charge in [-0.2, -0.15) is 11.8 Å². The second kappa shape index (κ2) is 4.66. The van der Waals surface area contributed by atoms with Gasteiger partial charge in [0.25, 0.3) is 0 Å². The molecule has 88 valence electrons. The molecule has 0 aliphatic carbocycles. The fourth-order valence-electron chi connectivity index (χ4n) is 1.95. The first kappa shape index (κ1) is 11.8. The van der Waals surface area contributed by atoms with Crippen molar-refractivity contribution in [2.45, 2.75) is 26.3 Å². The average Bonchev–Trinajstić information content (AvgIpc) is 2.21. The Bertz CT molecular complexity index is 365. The maximum Gasteiger partial charge on any atom is 0.125 e. The van der Waals surface area contributed by atoms with Crippen LogP contribution in [-0.4, -0.2) is 17.5 Å². The van der Waals surface area contributed by atoms with E-state index in [2.05, 4.69) is 19.2 Å². The minimum absolute atomic E-state index is 0.175. The van der Waals surface area contributed by atoms with Gasteiger partial charge in [-0.3, -0.25) is 0 Å². The van der Waals surface area contributed by atoms with E-state index >= 15 is 0 Å². The van der Waals surface area contributed by atoms with E-state index < -0.39 is 0 Å². The molecule has 1 heterocycles. The normalized spacial score (nSPS) is 24.1. The van der Waals surface area contributed by atoms with Crippen LogP contribution in [0.1, 0.15) is 20.3 Å².